The van der Waals surface area contributed by atoms with Crippen molar-refractivity contribution in [2.75, 3.05) is 19.5 Å². The number of aromatic nitrogens is 2. The number of amides is 1. The summed E-state index contributed by atoms with van der Waals surface area (Å²) in [7, 11) is 4.40. The van der Waals surface area contributed by atoms with Gasteiger partial charge < -0.3 is 23.9 Å². The maximum Gasteiger partial charge on any atom is 0.358 e. The predicted octanol–water partition coefficient (Wildman–Crippen LogP) is 2.64. The van der Waals surface area contributed by atoms with E-state index in [2.05, 4.69) is 10.4 Å². The Labute approximate surface area is 160 Å². The first-order valence-electron chi connectivity index (χ1n) is 8.29. The number of carbonyl (C=O) groups excluding carboxylic acids is 2. The molecule has 0 unspecified atom stereocenters. The maximum absolute atomic E-state index is 12.4. The number of carbonyl (C=O) groups is 2. The van der Waals surface area contributed by atoms with E-state index in [9.17, 15) is 9.59 Å². The highest BCUT2D eigenvalue weighted by molar-refractivity contribution is 6.06. The van der Waals surface area contributed by atoms with Gasteiger partial charge in [0.25, 0.3) is 5.91 Å². The van der Waals surface area contributed by atoms with Crippen LogP contribution in [-0.2, 0) is 18.4 Å². The van der Waals surface area contributed by atoms with Crippen molar-refractivity contribution >= 4 is 17.6 Å². The van der Waals surface area contributed by atoms with Crippen molar-refractivity contribution in [2.24, 2.45) is 7.05 Å². The van der Waals surface area contributed by atoms with Crippen molar-refractivity contribution in [1.29, 1.82) is 0 Å². The summed E-state index contributed by atoms with van der Waals surface area (Å²) in [5.41, 5.74) is 0.355. The Morgan fingerprint density at radius 2 is 1.96 bits per heavy atom. The molecule has 0 aliphatic heterocycles. The average molecular weight is 385 g/mol. The van der Waals surface area contributed by atoms with Crippen LogP contribution in [0.25, 0.3) is 0 Å². The lowest BCUT2D eigenvalue weighted by atomic mass is 10.3. The summed E-state index contributed by atoms with van der Waals surface area (Å²) in [6, 6.07) is 10.3. The van der Waals surface area contributed by atoms with Gasteiger partial charge in [0.1, 0.15) is 23.9 Å². The van der Waals surface area contributed by atoms with Crippen LogP contribution >= 0.6 is 0 Å². The molecule has 9 heteroatoms. The Bertz CT molecular complexity index is 991. The van der Waals surface area contributed by atoms with Crippen LogP contribution in [0.2, 0.25) is 0 Å². The van der Waals surface area contributed by atoms with Crippen molar-refractivity contribution in [3.8, 4) is 11.5 Å². The zero-order valence-electron chi connectivity index (χ0n) is 15.6. The highest BCUT2D eigenvalue weighted by Crippen LogP contribution is 2.21. The van der Waals surface area contributed by atoms with Crippen molar-refractivity contribution in [1.82, 2.24) is 9.78 Å². The Kier molecular flexibility index (Phi) is 5.64. The van der Waals surface area contributed by atoms with Gasteiger partial charge in [0.15, 0.2) is 11.5 Å². The van der Waals surface area contributed by atoms with E-state index in [0.717, 1.165) is 0 Å². The first-order valence-corrected chi connectivity index (χ1v) is 8.29. The number of nitrogens with zero attached hydrogens (tertiary/aromatic N) is 2. The molecule has 0 spiro atoms. The van der Waals surface area contributed by atoms with Gasteiger partial charge in [-0.3, -0.25) is 9.48 Å². The SMILES string of the molecule is COC(=O)c1c(NC(=O)c2ccc(COc3cccc(OC)c3)o2)cnn1C. The Hall–Kier alpha value is -3.75. The van der Waals surface area contributed by atoms with Gasteiger partial charge in [0, 0.05) is 13.1 Å². The van der Waals surface area contributed by atoms with E-state index in [4.69, 9.17) is 18.6 Å². The summed E-state index contributed by atoms with van der Waals surface area (Å²) in [5.74, 6) is 0.693. The number of benzene rings is 1. The first-order chi connectivity index (χ1) is 13.5. The fourth-order valence-electron chi connectivity index (χ4n) is 2.47. The molecule has 0 saturated heterocycles. The molecule has 2 aromatic heterocycles. The van der Waals surface area contributed by atoms with Gasteiger partial charge in [0.05, 0.1) is 26.1 Å². The van der Waals surface area contributed by atoms with Gasteiger partial charge in [-0.15, -0.1) is 0 Å². The van der Waals surface area contributed by atoms with Crippen LogP contribution in [0.3, 0.4) is 0 Å². The van der Waals surface area contributed by atoms with Gasteiger partial charge in [0.2, 0.25) is 0 Å². The van der Waals surface area contributed by atoms with Crippen LogP contribution in [0.1, 0.15) is 26.8 Å². The quantitative estimate of drug-likeness (QED) is 0.623. The summed E-state index contributed by atoms with van der Waals surface area (Å²) in [4.78, 5) is 24.2. The topological polar surface area (TPSA) is 105 Å². The van der Waals surface area contributed by atoms with Crippen molar-refractivity contribution in [2.45, 2.75) is 6.61 Å². The van der Waals surface area contributed by atoms with E-state index in [1.807, 2.05) is 12.1 Å². The molecule has 0 fully saturated rings. The molecular formula is C19H19N3O6. The smallest absolute Gasteiger partial charge is 0.358 e. The van der Waals surface area contributed by atoms with Crippen LogP contribution in [0.4, 0.5) is 5.69 Å². The number of hydrogen-bond acceptors (Lipinski definition) is 7. The van der Waals surface area contributed by atoms with E-state index in [1.54, 1.807) is 32.4 Å². The number of methoxy groups -OCH3 is 2. The molecule has 3 aromatic rings. The lowest BCUT2D eigenvalue weighted by molar-refractivity contribution is 0.0589. The van der Waals surface area contributed by atoms with Gasteiger partial charge in [-0.25, -0.2) is 4.79 Å². The summed E-state index contributed by atoms with van der Waals surface area (Å²) in [6.07, 6.45) is 1.36. The molecule has 0 radical (unpaired) electrons. The molecule has 1 amide bonds. The van der Waals surface area contributed by atoms with Crippen LogP contribution in [0.15, 0.2) is 47.0 Å². The number of furan rings is 1. The summed E-state index contributed by atoms with van der Waals surface area (Å²) >= 11 is 0. The molecule has 0 atom stereocenters. The second-order valence-corrected chi connectivity index (χ2v) is 5.71. The molecule has 28 heavy (non-hydrogen) atoms. The molecule has 1 aromatic carbocycles. The van der Waals surface area contributed by atoms with Crippen LogP contribution < -0.4 is 14.8 Å². The monoisotopic (exact) mass is 385 g/mol. The van der Waals surface area contributed by atoms with Crippen LogP contribution in [-0.4, -0.2) is 35.9 Å². The number of nitrogens with one attached hydrogen (secondary N) is 1. The largest absolute Gasteiger partial charge is 0.497 e. The lowest BCUT2D eigenvalue weighted by Gasteiger charge is -2.06. The molecule has 9 nitrogen and oxygen atoms in total. The number of esters is 1. The van der Waals surface area contributed by atoms with Crippen LogP contribution in [0, 0.1) is 0 Å². The summed E-state index contributed by atoms with van der Waals surface area (Å²) < 4.78 is 22.3. The zero-order valence-corrected chi connectivity index (χ0v) is 15.6. The van der Waals surface area contributed by atoms with Gasteiger partial charge in [-0.05, 0) is 24.3 Å². The van der Waals surface area contributed by atoms with E-state index >= 15 is 0 Å². The number of anilines is 1. The molecule has 0 bridgehead atoms. The minimum absolute atomic E-state index is 0.0731. The molecule has 0 saturated carbocycles. The van der Waals surface area contributed by atoms with Crippen molar-refractivity contribution in [3.05, 3.63) is 59.8 Å². The average Bonchev–Trinajstić information content (AvgIpc) is 3.33. The second kappa shape index (κ2) is 8.30. The molecule has 1 N–H and O–H groups in total. The molecule has 0 aliphatic carbocycles. The number of hydrogen-bond donors (Lipinski definition) is 1. The fourth-order valence-corrected chi connectivity index (χ4v) is 2.47. The zero-order chi connectivity index (χ0) is 20.1. The molecule has 0 aliphatic rings. The summed E-state index contributed by atoms with van der Waals surface area (Å²) in [6.45, 7) is 0.140. The van der Waals surface area contributed by atoms with E-state index in [1.165, 1.54) is 24.1 Å². The third kappa shape index (κ3) is 4.14. The number of aryl methyl sites for hydroxylation is 1. The Morgan fingerprint density at radius 3 is 2.71 bits per heavy atom. The summed E-state index contributed by atoms with van der Waals surface area (Å²) in [5, 5.41) is 6.55. The van der Waals surface area contributed by atoms with Crippen molar-refractivity contribution in [3.63, 3.8) is 0 Å². The highest BCUT2D eigenvalue weighted by Gasteiger charge is 2.21. The highest BCUT2D eigenvalue weighted by atomic mass is 16.5. The molecule has 2 heterocycles. The lowest BCUT2D eigenvalue weighted by Crippen LogP contribution is -2.16. The first kappa shape index (κ1) is 19.0. The second-order valence-electron chi connectivity index (χ2n) is 5.71. The molecule has 146 valence electrons. The van der Waals surface area contributed by atoms with E-state index < -0.39 is 11.9 Å². The minimum Gasteiger partial charge on any atom is -0.497 e. The third-order valence-electron chi connectivity index (χ3n) is 3.87. The van der Waals surface area contributed by atoms with Gasteiger partial charge in [-0.2, -0.15) is 5.10 Å². The van der Waals surface area contributed by atoms with Crippen LogP contribution in [0.5, 0.6) is 11.5 Å². The Balaban J connectivity index is 1.65. The predicted molar refractivity (Wildman–Crippen MR) is 98.5 cm³/mol. The molecular weight excluding hydrogens is 366 g/mol. The van der Waals surface area contributed by atoms with Gasteiger partial charge in [-0.1, -0.05) is 6.07 Å². The van der Waals surface area contributed by atoms with E-state index in [0.29, 0.717) is 17.3 Å². The van der Waals surface area contributed by atoms with Gasteiger partial charge >= 0.3 is 5.97 Å². The van der Waals surface area contributed by atoms with E-state index in [-0.39, 0.29) is 23.7 Å². The van der Waals surface area contributed by atoms with Crippen molar-refractivity contribution < 1.29 is 28.2 Å². The normalized spacial score (nSPS) is 10.4. The number of ether oxygens (including phenoxy) is 3. The molecule has 3 rings (SSSR count). The third-order valence-corrected chi connectivity index (χ3v) is 3.87. The number of rotatable bonds is 7. The maximum atomic E-state index is 12.4. The minimum atomic E-state index is -0.609. The fraction of sp³-hybridized carbons (Fsp3) is 0.211. The standard InChI is InChI=1S/C19H19N3O6/c1-22-17(19(24)26-3)15(10-20-22)21-18(23)16-8-7-14(28-16)11-27-13-6-4-5-12(9-13)25-2/h4-10H,11H2,1-3H3,(H,21,23). The Morgan fingerprint density at radius 1 is 1.18 bits per heavy atom.